The van der Waals surface area contributed by atoms with Crippen LogP contribution in [-0.4, -0.2) is 27.5 Å². The van der Waals surface area contributed by atoms with Crippen molar-refractivity contribution in [2.24, 2.45) is 0 Å². The molecule has 0 aliphatic rings. The zero-order valence-electron chi connectivity index (χ0n) is 11.2. The van der Waals surface area contributed by atoms with Gasteiger partial charge in [0.2, 0.25) is 0 Å². The summed E-state index contributed by atoms with van der Waals surface area (Å²) in [6.45, 7) is 7.08. The fourth-order valence-electron chi connectivity index (χ4n) is 1.27. The van der Waals surface area contributed by atoms with Crippen LogP contribution in [0.1, 0.15) is 5.56 Å². The Kier molecular flexibility index (Phi) is 5.81. The van der Waals surface area contributed by atoms with Crippen molar-refractivity contribution in [3.8, 4) is 0 Å². The number of carbonyl (C=O) groups excluding carboxylic acids is 1. The number of benzene rings is 1. The van der Waals surface area contributed by atoms with Crippen molar-refractivity contribution in [3.05, 3.63) is 42.0 Å². The van der Waals surface area contributed by atoms with Crippen LogP contribution in [-0.2, 0) is 14.0 Å². The van der Waals surface area contributed by atoms with Crippen LogP contribution in [0.5, 0.6) is 0 Å². The molecule has 0 unspecified atom stereocenters. The molecule has 0 radical (unpaired) electrons. The van der Waals surface area contributed by atoms with Crippen LogP contribution < -0.4 is 0 Å². The SMILES string of the molecule is C[Si](C)(C)OCCOC(=O)C=Cc1ccccc1. The van der Waals surface area contributed by atoms with Crippen molar-refractivity contribution in [1.82, 2.24) is 0 Å². The van der Waals surface area contributed by atoms with E-state index < -0.39 is 8.32 Å². The topological polar surface area (TPSA) is 35.5 Å². The first-order valence-electron chi connectivity index (χ1n) is 6.01. The molecule has 0 saturated heterocycles. The third-order valence-electron chi connectivity index (χ3n) is 2.07. The van der Waals surface area contributed by atoms with Crippen molar-refractivity contribution in [1.29, 1.82) is 0 Å². The second-order valence-electron chi connectivity index (χ2n) is 4.87. The van der Waals surface area contributed by atoms with Gasteiger partial charge in [-0.1, -0.05) is 30.3 Å². The highest BCUT2D eigenvalue weighted by molar-refractivity contribution is 6.69. The molecule has 0 spiro atoms. The Morgan fingerprint density at radius 2 is 1.83 bits per heavy atom. The summed E-state index contributed by atoms with van der Waals surface area (Å²) in [4.78, 5) is 11.4. The van der Waals surface area contributed by atoms with Gasteiger partial charge in [-0.2, -0.15) is 0 Å². The van der Waals surface area contributed by atoms with Gasteiger partial charge in [0, 0.05) is 6.08 Å². The largest absolute Gasteiger partial charge is 0.460 e. The van der Waals surface area contributed by atoms with E-state index in [1.807, 2.05) is 30.3 Å². The minimum atomic E-state index is -1.51. The quantitative estimate of drug-likeness (QED) is 0.343. The van der Waals surface area contributed by atoms with Gasteiger partial charge in [0.1, 0.15) is 6.61 Å². The number of carbonyl (C=O) groups is 1. The second kappa shape index (κ2) is 7.13. The average molecular weight is 264 g/mol. The zero-order chi connectivity index (χ0) is 13.4. The van der Waals surface area contributed by atoms with Crippen LogP contribution in [0.4, 0.5) is 0 Å². The molecular weight excluding hydrogens is 244 g/mol. The predicted octanol–water partition coefficient (Wildman–Crippen LogP) is 3.09. The van der Waals surface area contributed by atoms with Crippen molar-refractivity contribution < 1.29 is 14.0 Å². The Balaban J connectivity index is 2.24. The van der Waals surface area contributed by atoms with E-state index in [4.69, 9.17) is 9.16 Å². The lowest BCUT2D eigenvalue weighted by Crippen LogP contribution is -2.27. The van der Waals surface area contributed by atoms with Crippen LogP contribution in [0.3, 0.4) is 0 Å². The first kappa shape index (κ1) is 14.7. The van der Waals surface area contributed by atoms with Crippen molar-refractivity contribution in [2.75, 3.05) is 13.2 Å². The lowest BCUT2D eigenvalue weighted by Gasteiger charge is -2.16. The molecule has 18 heavy (non-hydrogen) atoms. The lowest BCUT2D eigenvalue weighted by molar-refractivity contribution is -0.138. The highest BCUT2D eigenvalue weighted by Gasteiger charge is 2.13. The van der Waals surface area contributed by atoms with Crippen molar-refractivity contribution in [3.63, 3.8) is 0 Å². The smallest absolute Gasteiger partial charge is 0.330 e. The molecule has 0 aliphatic heterocycles. The molecule has 3 nitrogen and oxygen atoms in total. The monoisotopic (exact) mass is 264 g/mol. The van der Waals surface area contributed by atoms with Gasteiger partial charge < -0.3 is 9.16 Å². The maximum absolute atomic E-state index is 11.4. The fourth-order valence-corrected chi connectivity index (χ4v) is 1.96. The van der Waals surface area contributed by atoms with Crippen LogP contribution in [0.15, 0.2) is 36.4 Å². The fraction of sp³-hybridized carbons (Fsp3) is 0.357. The lowest BCUT2D eigenvalue weighted by atomic mass is 10.2. The Labute approximate surface area is 110 Å². The summed E-state index contributed by atoms with van der Waals surface area (Å²) >= 11 is 0. The third kappa shape index (κ3) is 7.03. The molecule has 98 valence electrons. The number of esters is 1. The molecular formula is C14H20O3Si. The van der Waals surface area contributed by atoms with E-state index in [1.54, 1.807) is 6.08 Å². The van der Waals surface area contributed by atoms with E-state index in [1.165, 1.54) is 6.08 Å². The van der Waals surface area contributed by atoms with Gasteiger partial charge in [-0.25, -0.2) is 4.79 Å². The standard InChI is InChI=1S/C14H20O3Si/c1-18(2,3)17-12-11-16-14(15)10-9-13-7-5-4-6-8-13/h4-10H,11-12H2,1-3H3. The van der Waals surface area contributed by atoms with E-state index >= 15 is 0 Å². The zero-order valence-corrected chi connectivity index (χ0v) is 12.2. The maximum atomic E-state index is 11.4. The minimum absolute atomic E-state index is 0.308. The van der Waals surface area contributed by atoms with Crippen LogP contribution in [0, 0.1) is 0 Å². The Morgan fingerprint density at radius 3 is 2.44 bits per heavy atom. The molecule has 0 amide bonds. The van der Waals surface area contributed by atoms with Crippen LogP contribution in [0.2, 0.25) is 19.6 Å². The normalized spacial score (nSPS) is 11.7. The van der Waals surface area contributed by atoms with Gasteiger partial charge in [-0.05, 0) is 31.3 Å². The summed E-state index contributed by atoms with van der Waals surface area (Å²) in [6.07, 6.45) is 3.17. The average Bonchev–Trinajstić information content (AvgIpc) is 2.32. The molecule has 1 aromatic carbocycles. The van der Waals surface area contributed by atoms with Gasteiger partial charge in [0.25, 0.3) is 0 Å². The Hall–Kier alpha value is -1.39. The molecule has 1 aromatic rings. The van der Waals surface area contributed by atoms with E-state index in [0.717, 1.165) is 5.56 Å². The van der Waals surface area contributed by atoms with Gasteiger partial charge in [0.05, 0.1) is 6.61 Å². The van der Waals surface area contributed by atoms with Gasteiger partial charge >= 0.3 is 5.97 Å². The third-order valence-corrected chi connectivity index (χ3v) is 3.14. The summed E-state index contributed by atoms with van der Waals surface area (Å²) in [5, 5.41) is 0. The molecule has 0 aliphatic carbocycles. The number of ether oxygens (including phenoxy) is 1. The number of hydrogen-bond acceptors (Lipinski definition) is 3. The molecule has 0 heterocycles. The summed E-state index contributed by atoms with van der Waals surface area (Å²) < 4.78 is 10.6. The predicted molar refractivity (Wildman–Crippen MR) is 75.7 cm³/mol. The number of rotatable bonds is 6. The summed E-state index contributed by atoms with van der Waals surface area (Å²) in [5.74, 6) is -0.335. The van der Waals surface area contributed by atoms with Crippen LogP contribution >= 0.6 is 0 Å². The highest BCUT2D eigenvalue weighted by Crippen LogP contribution is 2.03. The number of hydrogen-bond donors (Lipinski definition) is 0. The molecule has 0 fully saturated rings. The summed E-state index contributed by atoms with van der Waals surface area (Å²) in [6, 6.07) is 9.64. The molecule has 1 rings (SSSR count). The molecule has 0 saturated carbocycles. The summed E-state index contributed by atoms with van der Waals surface area (Å²) in [5.41, 5.74) is 0.979. The molecule has 0 N–H and O–H groups in total. The highest BCUT2D eigenvalue weighted by atomic mass is 28.4. The Morgan fingerprint density at radius 1 is 1.17 bits per heavy atom. The molecule has 0 aromatic heterocycles. The van der Waals surface area contributed by atoms with Crippen molar-refractivity contribution in [2.45, 2.75) is 19.6 Å². The van der Waals surface area contributed by atoms with E-state index in [-0.39, 0.29) is 5.97 Å². The minimum Gasteiger partial charge on any atom is -0.460 e. The van der Waals surface area contributed by atoms with Gasteiger partial charge in [0.15, 0.2) is 8.32 Å². The van der Waals surface area contributed by atoms with E-state index in [2.05, 4.69) is 19.6 Å². The molecule has 4 heteroatoms. The van der Waals surface area contributed by atoms with Crippen LogP contribution in [0.25, 0.3) is 6.08 Å². The first-order valence-corrected chi connectivity index (χ1v) is 9.42. The Bertz CT molecular complexity index is 393. The van der Waals surface area contributed by atoms with Gasteiger partial charge in [-0.3, -0.25) is 0 Å². The van der Waals surface area contributed by atoms with Gasteiger partial charge in [-0.15, -0.1) is 0 Å². The molecule has 0 atom stereocenters. The van der Waals surface area contributed by atoms with E-state index in [9.17, 15) is 4.79 Å². The second-order valence-corrected chi connectivity index (χ2v) is 9.39. The van der Waals surface area contributed by atoms with E-state index in [0.29, 0.717) is 13.2 Å². The maximum Gasteiger partial charge on any atom is 0.330 e. The summed E-state index contributed by atoms with van der Waals surface area (Å²) in [7, 11) is -1.51. The first-order chi connectivity index (χ1) is 8.47. The molecule has 0 bridgehead atoms. The van der Waals surface area contributed by atoms with Crippen molar-refractivity contribution >= 4 is 20.4 Å².